The van der Waals surface area contributed by atoms with Gasteiger partial charge in [0.2, 0.25) is 5.95 Å². The van der Waals surface area contributed by atoms with Crippen LogP contribution in [0.5, 0.6) is 5.75 Å². The number of esters is 1. The highest BCUT2D eigenvalue weighted by molar-refractivity contribution is 5.95. The Morgan fingerprint density at radius 1 is 1.09 bits per heavy atom. The Bertz CT molecular complexity index is 1430. The molecule has 0 bridgehead atoms. The van der Waals surface area contributed by atoms with Gasteiger partial charge in [0, 0.05) is 23.6 Å². The molecule has 0 unspecified atom stereocenters. The lowest BCUT2D eigenvalue weighted by Gasteiger charge is -2.14. The van der Waals surface area contributed by atoms with E-state index in [0.29, 0.717) is 16.8 Å². The Hall–Kier alpha value is -4.55. The maximum absolute atomic E-state index is 13.2. The van der Waals surface area contributed by atoms with E-state index in [-0.39, 0.29) is 28.8 Å². The smallest absolute Gasteiger partial charge is 0.417 e. The molecule has 2 heterocycles. The van der Waals surface area contributed by atoms with Gasteiger partial charge >= 0.3 is 17.9 Å². The molecule has 0 fully saturated rings. The van der Waals surface area contributed by atoms with Crippen LogP contribution in [0.25, 0.3) is 11.1 Å². The fraction of sp³-hybridized carbons (Fsp3) is 0.143. The quantitative estimate of drug-likeness (QED) is 0.351. The predicted molar refractivity (Wildman–Crippen MR) is 115 cm³/mol. The number of anilines is 4. The predicted octanol–water partition coefficient (Wildman–Crippen LogP) is 4.21. The molecule has 0 atom stereocenters. The molecule has 10 nitrogen and oxygen atoms in total. The van der Waals surface area contributed by atoms with Crippen molar-refractivity contribution in [3.05, 3.63) is 64.3 Å². The van der Waals surface area contributed by atoms with Crippen LogP contribution in [0.4, 0.5) is 36.3 Å². The van der Waals surface area contributed by atoms with E-state index >= 15 is 0 Å². The number of oxazole rings is 1. The summed E-state index contributed by atoms with van der Waals surface area (Å²) >= 11 is 0. The summed E-state index contributed by atoms with van der Waals surface area (Å²) in [6.07, 6.45) is -3.44. The van der Waals surface area contributed by atoms with Gasteiger partial charge in [-0.1, -0.05) is 0 Å². The molecule has 4 aromatic rings. The summed E-state index contributed by atoms with van der Waals surface area (Å²) in [6.45, 7) is 0. The van der Waals surface area contributed by atoms with E-state index in [2.05, 4.69) is 25.6 Å². The number of carbonyl (C=O) groups is 1. The first-order valence-electron chi connectivity index (χ1n) is 9.55. The van der Waals surface area contributed by atoms with E-state index in [1.54, 1.807) is 12.1 Å². The second kappa shape index (κ2) is 8.77. The first-order valence-corrected chi connectivity index (χ1v) is 9.55. The maximum atomic E-state index is 13.2. The number of methoxy groups -OCH3 is 2. The molecule has 0 aliphatic heterocycles. The second-order valence-corrected chi connectivity index (χ2v) is 6.87. The molecule has 0 aliphatic carbocycles. The summed E-state index contributed by atoms with van der Waals surface area (Å²) in [5, 5.41) is 5.59. The zero-order valence-corrected chi connectivity index (χ0v) is 17.6. The molecule has 0 radical (unpaired) electrons. The van der Waals surface area contributed by atoms with Crippen LogP contribution in [0.3, 0.4) is 0 Å². The third-order valence-electron chi connectivity index (χ3n) is 4.60. The second-order valence-electron chi connectivity index (χ2n) is 6.87. The third kappa shape index (κ3) is 4.77. The lowest BCUT2D eigenvalue weighted by molar-refractivity contribution is -0.137. The van der Waals surface area contributed by atoms with Gasteiger partial charge in [-0.2, -0.15) is 18.2 Å². The summed E-state index contributed by atoms with van der Waals surface area (Å²) in [5.41, 5.74) is 0.211. The Morgan fingerprint density at radius 2 is 1.88 bits per heavy atom. The summed E-state index contributed by atoms with van der Waals surface area (Å²) in [5.74, 6) is -1.49. The molecule has 4 rings (SSSR count). The van der Waals surface area contributed by atoms with Crippen molar-refractivity contribution in [3.8, 4) is 5.75 Å². The highest BCUT2D eigenvalue weighted by Gasteiger charge is 2.31. The Balaban J connectivity index is 1.70. The molecule has 3 N–H and O–H groups in total. The lowest BCUT2D eigenvalue weighted by Crippen LogP contribution is -2.11. The highest BCUT2D eigenvalue weighted by atomic mass is 19.4. The normalized spacial score (nSPS) is 11.3. The lowest BCUT2D eigenvalue weighted by atomic mass is 10.2. The number of nitrogens with one attached hydrogen (secondary N) is 3. The summed E-state index contributed by atoms with van der Waals surface area (Å²) in [6, 6.07) is 7.72. The third-order valence-corrected chi connectivity index (χ3v) is 4.60. The number of rotatable bonds is 6. The minimum absolute atomic E-state index is 0.00785. The fourth-order valence-electron chi connectivity index (χ4n) is 3.04. The minimum atomic E-state index is -4.60. The molecule has 0 saturated carbocycles. The molecular weight excluding hydrogens is 459 g/mol. The van der Waals surface area contributed by atoms with Crippen LogP contribution in [-0.4, -0.2) is 35.1 Å². The molecule has 34 heavy (non-hydrogen) atoms. The Labute approximate surface area is 188 Å². The van der Waals surface area contributed by atoms with Crippen LogP contribution in [0, 0.1) is 0 Å². The molecule has 2 aromatic carbocycles. The van der Waals surface area contributed by atoms with Gasteiger partial charge in [0.15, 0.2) is 11.4 Å². The van der Waals surface area contributed by atoms with E-state index in [0.717, 1.165) is 18.3 Å². The Kier molecular flexibility index (Phi) is 5.84. The number of ether oxygens (including phenoxy) is 2. The van der Waals surface area contributed by atoms with Gasteiger partial charge in [-0.25, -0.2) is 14.6 Å². The van der Waals surface area contributed by atoms with Crippen LogP contribution < -0.4 is 21.1 Å². The average Bonchev–Trinajstić information content (AvgIpc) is 3.17. The molecule has 0 saturated heterocycles. The maximum Gasteiger partial charge on any atom is 0.417 e. The summed E-state index contributed by atoms with van der Waals surface area (Å²) < 4.78 is 54.3. The first-order chi connectivity index (χ1) is 16.2. The van der Waals surface area contributed by atoms with E-state index in [4.69, 9.17) is 13.9 Å². The van der Waals surface area contributed by atoms with E-state index in [9.17, 15) is 22.8 Å². The number of carbonyl (C=O) groups excluding carboxylic acids is 1. The minimum Gasteiger partial charge on any atom is -0.497 e. The largest absolute Gasteiger partial charge is 0.497 e. The number of nitrogens with zero attached hydrogens (tertiary/aromatic N) is 2. The van der Waals surface area contributed by atoms with Crippen LogP contribution in [0.15, 0.2) is 51.8 Å². The van der Waals surface area contributed by atoms with Gasteiger partial charge in [0.05, 0.1) is 25.3 Å². The van der Waals surface area contributed by atoms with E-state index in [1.807, 2.05) is 0 Å². The average molecular weight is 475 g/mol. The van der Waals surface area contributed by atoms with Crippen molar-refractivity contribution in [1.29, 1.82) is 0 Å². The van der Waals surface area contributed by atoms with Gasteiger partial charge in [-0.15, -0.1) is 0 Å². The van der Waals surface area contributed by atoms with Crippen molar-refractivity contribution in [2.75, 3.05) is 24.9 Å². The van der Waals surface area contributed by atoms with E-state index in [1.165, 1.54) is 26.4 Å². The topological polar surface area (TPSA) is 131 Å². The van der Waals surface area contributed by atoms with Crippen molar-refractivity contribution < 1.29 is 31.9 Å². The summed E-state index contributed by atoms with van der Waals surface area (Å²) in [7, 11) is 2.42. The number of aromatic nitrogens is 3. The monoisotopic (exact) mass is 475 g/mol. The first kappa shape index (κ1) is 22.6. The fourth-order valence-corrected chi connectivity index (χ4v) is 3.04. The van der Waals surface area contributed by atoms with Crippen LogP contribution >= 0.6 is 0 Å². The highest BCUT2D eigenvalue weighted by Crippen LogP contribution is 2.35. The van der Waals surface area contributed by atoms with Crippen molar-refractivity contribution in [2.45, 2.75) is 6.18 Å². The molecule has 0 spiro atoms. The van der Waals surface area contributed by atoms with Gasteiger partial charge in [-0.05, 0) is 30.3 Å². The van der Waals surface area contributed by atoms with E-state index < -0.39 is 23.5 Å². The zero-order valence-electron chi connectivity index (χ0n) is 17.6. The van der Waals surface area contributed by atoms with Gasteiger partial charge in [-0.3, -0.25) is 4.98 Å². The van der Waals surface area contributed by atoms with Gasteiger partial charge in [0.1, 0.15) is 11.3 Å². The number of alkyl halides is 3. The molecule has 13 heteroatoms. The SMILES string of the molecule is COC(=O)c1cnc(Nc2cc(OC)cc(C(F)(F)F)c2)nc1Nc1ccc2oc(=O)[nH]c2c1. The molecule has 0 amide bonds. The van der Waals surface area contributed by atoms with Crippen LogP contribution in [0.2, 0.25) is 0 Å². The van der Waals surface area contributed by atoms with Crippen molar-refractivity contribution in [3.63, 3.8) is 0 Å². The van der Waals surface area contributed by atoms with Gasteiger partial charge < -0.3 is 24.5 Å². The van der Waals surface area contributed by atoms with Crippen molar-refractivity contribution >= 4 is 40.2 Å². The standard InChI is InChI=1S/C21H16F3N5O5/c1-32-13-6-10(21(22,23)24)5-12(7-13)27-19-25-9-14(18(30)33-2)17(29-19)26-11-3-4-16-15(8-11)28-20(31)34-16/h3-9H,1-2H3,(H,28,31)(H2,25,26,27,29). The number of hydrogen-bond acceptors (Lipinski definition) is 9. The number of fused-ring (bicyclic) bond motifs is 1. The van der Waals surface area contributed by atoms with Crippen LogP contribution in [-0.2, 0) is 10.9 Å². The number of H-pyrrole nitrogens is 1. The zero-order chi connectivity index (χ0) is 24.5. The molecule has 0 aliphatic rings. The molecular formula is C21H16F3N5O5. The number of halogens is 3. The molecule has 2 aromatic heterocycles. The number of benzene rings is 2. The summed E-state index contributed by atoms with van der Waals surface area (Å²) in [4.78, 5) is 34.3. The Morgan fingerprint density at radius 3 is 2.59 bits per heavy atom. The van der Waals surface area contributed by atoms with Gasteiger partial charge in [0.25, 0.3) is 0 Å². The number of hydrogen-bond donors (Lipinski definition) is 3. The van der Waals surface area contributed by atoms with Crippen LogP contribution in [0.1, 0.15) is 15.9 Å². The van der Waals surface area contributed by atoms with Crippen molar-refractivity contribution in [1.82, 2.24) is 15.0 Å². The number of aromatic amines is 1. The molecule has 176 valence electrons. The van der Waals surface area contributed by atoms with Crippen molar-refractivity contribution in [2.24, 2.45) is 0 Å².